The molecule has 4 unspecified atom stereocenters. The first-order chi connectivity index (χ1) is 16.8. The number of halogens is 2. The van der Waals surface area contributed by atoms with E-state index >= 15 is 0 Å². The SMILES string of the molecule is O=C(COC12CC3CC(C1)C(OC(=O)C(F)(F)S(=O)(=O)O)C(C3)C2)OC12CC3CC(C1)C(=O)C(C3)C2. The van der Waals surface area contributed by atoms with Gasteiger partial charge in [0.05, 0.1) is 5.60 Å². The van der Waals surface area contributed by atoms with Gasteiger partial charge in [-0.1, -0.05) is 0 Å². The minimum atomic E-state index is -5.93. The minimum Gasteiger partial charge on any atom is -0.457 e. The number of carbonyl (C=O) groups is 3. The van der Waals surface area contributed by atoms with E-state index in [-0.39, 0.29) is 36.2 Å². The molecule has 0 saturated heterocycles. The molecule has 0 aromatic rings. The van der Waals surface area contributed by atoms with Crippen molar-refractivity contribution in [1.29, 1.82) is 0 Å². The number of hydrogen-bond acceptors (Lipinski definition) is 8. The first-order valence-electron chi connectivity index (χ1n) is 12.7. The Hall–Kier alpha value is -1.66. The summed E-state index contributed by atoms with van der Waals surface area (Å²) < 4.78 is 75.1. The third kappa shape index (κ3) is 3.89. The van der Waals surface area contributed by atoms with Crippen LogP contribution in [0.3, 0.4) is 0 Å². The second-order valence-electron chi connectivity index (χ2n) is 12.2. The Morgan fingerprint density at radius 1 is 0.917 bits per heavy atom. The van der Waals surface area contributed by atoms with Crippen molar-refractivity contribution < 1.29 is 50.3 Å². The molecule has 4 atom stereocenters. The van der Waals surface area contributed by atoms with Gasteiger partial charge in [0.15, 0.2) is 0 Å². The van der Waals surface area contributed by atoms with Gasteiger partial charge in [-0.05, 0) is 87.9 Å². The van der Waals surface area contributed by atoms with Crippen molar-refractivity contribution in [2.75, 3.05) is 6.61 Å². The molecule has 8 saturated carbocycles. The molecule has 8 rings (SSSR count). The Labute approximate surface area is 207 Å². The number of hydrogen-bond donors (Lipinski definition) is 1. The van der Waals surface area contributed by atoms with Crippen molar-refractivity contribution in [1.82, 2.24) is 0 Å². The van der Waals surface area contributed by atoms with Gasteiger partial charge >= 0.3 is 27.3 Å². The highest BCUT2D eigenvalue weighted by molar-refractivity contribution is 7.87. The average Bonchev–Trinajstić information content (AvgIpc) is 2.76. The summed E-state index contributed by atoms with van der Waals surface area (Å²) >= 11 is 0. The Balaban J connectivity index is 1.08. The number of rotatable bonds is 7. The quantitative estimate of drug-likeness (QED) is 0.388. The van der Waals surface area contributed by atoms with E-state index in [2.05, 4.69) is 0 Å². The van der Waals surface area contributed by atoms with E-state index in [0.717, 1.165) is 19.3 Å². The van der Waals surface area contributed by atoms with Gasteiger partial charge < -0.3 is 14.2 Å². The Bertz CT molecular complexity index is 1070. The predicted molar refractivity (Wildman–Crippen MR) is 116 cm³/mol. The number of ketones is 1. The van der Waals surface area contributed by atoms with E-state index in [1.54, 1.807) is 0 Å². The molecular formula is C24H30F2O9S. The molecule has 0 heterocycles. The fraction of sp³-hybridized carbons (Fsp3) is 0.875. The Kier molecular flexibility index (Phi) is 5.43. The lowest BCUT2D eigenvalue weighted by Crippen LogP contribution is -2.60. The van der Waals surface area contributed by atoms with Crippen LogP contribution >= 0.6 is 0 Å². The average molecular weight is 533 g/mol. The molecule has 8 bridgehead atoms. The summed E-state index contributed by atoms with van der Waals surface area (Å²) in [5.74, 6) is -2.40. The second-order valence-corrected chi connectivity index (χ2v) is 13.7. The zero-order valence-corrected chi connectivity index (χ0v) is 20.5. The Morgan fingerprint density at radius 3 is 2.06 bits per heavy atom. The smallest absolute Gasteiger partial charge is 0.457 e. The summed E-state index contributed by atoms with van der Waals surface area (Å²) in [7, 11) is -5.93. The van der Waals surface area contributed by atoms with Crippen molar-refractivity contribution in [3.63, 3.8) is 0 Å². The number of Topliss-reactive ketones (excluding diaryl/α,β-unsaturated/α-hetero) is 1. The van der Waals surface area contributed by atoms with Crippen molar-refractivity contribution in [2.24, 2.45) is 35.5 Å². The number of alkyl halides is 2. The van der Waals surface area contributed by atoms with Gasteiger partial charge in [0.25, 0.3) is 0 Å². The lowest BCUT2D eigenvalue weighted by Gasteiger charge is -2.58. The maximum atomic E-state index is 13.7. The highest BCUT2D eigenvalue weighted by atomic mass is 32.2. The third-order valence-corrected chi connectivity index (χ3v) is 10.5. The lowest BCUT2D eigenvalue weighted by molar-refractivity contribution is -0.227. The van der Waals surface area contributed by atoms with Crippen LogP contribution in [0.25, 0.3) is 0 Å². The van der Waals surface area contributed by atoms with Gasteiger partial charge in [-0.25, -0.2) is 9.59 Å². The molecule has 8 aliphatic rings. The molecule has 8 fully saturated rings. The van der Waals surface area contributed by atoms with Gasteiger partial charge in [-0.15, -0.1) is 0 Å². The lowest BCUT2D eigenvalue weighted by atomic mass is 9.53. The molecule has 1 N–H and O–H groups in total. The van der Waals surface area contributed by atoms with E-state index < -0.39 is 44.6 Å². The molecule has 0 spiro atoms. The van der Waals surface area contributed by atoms with Crippen LogP contribution in [-0.2, 0) is 38.7 Å². The fourth-order valence-corrected chi connectivity index (χ4v) is 9.11. The summed E-state index contributed by atoms with van der Waals surface area (Å²) in [5.41, 5.74) is -1.23. The van der Waals surface area contributed by atoms with Crippen molar-refractivity contribution in [2.45, 2.75) is 86.8 Å². The Morgan fingerprint density at radius 2 is 1.47 bits per heavy atom. The van der Waals surface area contributed by atoms with E-state index in [1.165, 1.54) is 0 Å². The van der Waals surface area contributed by atoms with E-state index in [0.29, 0.717) is 56.6 Å². The molecule has 9 nitrogen and oxygen atoms in total. The monoisotopic (exact) mass is 532 g/mol. The van der Waals surface area contributed by atoms with Gasteiger partial charge in [-0.3, -0.25) is 9.35 Å². The molecule has 8 aliphatic carbocycles. The molecule has 0 aliphatic heterocycles. The highest BCUT2D eigenvalue weighted by Gasteiger charge is 2.61. The summed E-state index contributed by atoms with van der Waals surface area (Å²) in [6, 6.07) is 0. The fourth-order valence-electron chi connectivity index (χ4n) is 8.85. The molecule has 36 heavy (non-hydrogen) atoms. The van der Waals surface area contributed by atoms with Crippen molar-refractivity contribution in [3.8, 4) is 0 Å². The zero-order chi connectivity index (χ0) is 25.7. The number of ether oxygens (including phenoxy) is 3. The largest absolute Gasteiger partial charge is 0.465 e. The van der Waals surface area contributed by atoms with Crippen LogP contribution in [0.4, 0.5) is 8.78 Å². The summed E-state index contributed by atoms with van der Waals surface area (Å²) in [6.45, 7) is -0.243. The zero-order valence-electron chi connectivity index (χ0n) is 19.7. The molecular weight excluding hydrogens is 502 g/mol. The standard InChI is InChI=1S/C24H30F2O9S/c25-24(26,36(30,31)32)21(29)34-20-16-3-13-4-17(20)10-22(5-13,9-16)33-11-18(27)35-23-6-12-1-14(7-23)19(28)15(2-12)8-23/h12-17,20H,1-11H2,(H,30,31,32). The van der Waals surface area contributed by atoms with E-state index in [1.807, 2.05) is 0 Å². The predicted octanol–water partition coefficient (Wildman–Crippen LogP) is 2.67. The van der Waals surface area contributed by atoms with Crippen LogP contribution in [0.15, 0.2) is 0 Å². The van der Waals surface area contributed by atoms with E-state index in [4.69, 9.17) is 18.8 Å². The molecule has 200 valence electrons. The molecule has 0 amide bonds. The summed E-state index contributed by atoms with van der Waals surface area (Å²) in [4.78, 5) is 37.2. The molecule has 0 radical (unpaired) electrons. The van der Waals surface area contributed by atoms with E-state index in [9.17, 15) is 31.6 Å². The summed E-state index contributed by atoms with van der Waals surface area (Å²) in [6.07, 6.45) is 5.61. The highest BCUT2D eigenvalue weighted by Crippen LogP contribution is 2.59. The van der Waals surface area contributed by atoms with Crippen LogP contribution < -0.4 is 0 Å². The first-order valence-corrected chi connectivity index (χ1v) is 14.2. The molecule has 0 aromatic heterocycles. The molecule has 0 aromatic carbocycles. The third-order valence-electron chi connectivity index (χ3n) is 9.70. The van der Waals surface area contributed by atoms with Crippen LogP contribution in [0.5, 0.6) is 0 Å². The molecule has 12 heteroatoms. The van der Waals surface area contributed by atoms with Crippen LogP contribution in [0.1, 0.15) is 64.2 Å². The van der Waals surface area contributed by atoms with Crippen LogP contribution in [0.2, 0.25) is 0 Å². The maximum absolute atomic E-state index is 13.7. The summed E-state index contributed by atoms with van der Waals surface area (Å²) in [5, 5.41) is -5.03. The van der Waals surface area contributed by atoms with Gasteiger partial charge in [-0.2, -0.15) is 17.2 Å². The van der Waals surface area contributed by atoms with Gasteiger partial charge in [0, 0.05) is 11.8 Å². The number of carbonyl (C=O) groups excluding carboxylic acids is 3. The normalized spacial score (nSPS) is 44.6. The second kappa shape index (κ2) is 7.92. The topological polar surface area (TPSA) is 133 Å². The van der Waals surface area contributed by atoms with Crippen molar-refractivity contribution >= 4 is 27.8 Å². The van der Waals surface area contributed by atoms with Crippen LogP contribution in [0, 0.1) is 35.5 Å². The number of esters is 2. The first kappa shape index (κ1) is 24.7. The maximum Gasteiger partial charge on any atom is 0.465 e. The van der Waals surface area contributed by atoms with Gasteiger partial charge in [0.1, 0.15) is 24.1 Å². The van der Waals surface area contributed by atoms with Crippen LogP contribution in [-0.4, -0.2) is 59.9 Å². The minimum absolute atomic E-state index is 0.0130. The van der Waals surface area contributed by atoms with Crippen molar-refractivity contribution in [3.05, 3.63) is 0 Å². The van der Waals surface area contributed by atoms with Gasteiger partial charge in [0.2, 0.25) is 0 Å².